The third-order valence-corrected chi connectivity index (χ3v) is 1.69. The van der Waals surface area contributed by atoms with Crippen molar-refractivity contribution in [1.29, 1.82) is 0 Å². The number of nitrogens with one attached hydrogen (secondary N) is 2. The van der Waals surface area contributed by atoms with Crippen molar-refractivity contribution in [2.45, 2.75) is 12.5 Å². The number of amides is 3. The van der Waals surface area contributed by atoms with E-state index in [4.69, 9.17) is 16.2 Å². The van der Waals surface area contributed by atoms with Crippen molar-refractivity contribution in [2.75, 3.05) is 26.8 Å². The van der Waals surface area contributed by atoms with Gasteiger partial charge in [-0.3, -0.25) is 4.79 Å². The van der Waals surface area contributed by atoms with Crippen LogP contribution in [0.3, 0.4) is 0 Å². The summed E-state index contributed by atoms with van der Waals surface area (Å²) in [5.41, 5.74) is 10.4. The zero-order chi connectivity index (χ0) is 11.7. The molecule has 0 aliphatic carbocycles. The number of carbonyl (C=O) groups is 2. The number of carbonyl (C=O) groups excluding carboxylic acids is 2. The molecule has 0 heterocycles. The van der Waals surface area contributed by atoms with Crippen LogP contribution in [0.5, 0.6) is 0 Å². The number of hydrogen-bond donors (Lipinski definition) is 4. The fourth-order valence-electron chi connectivity index (χ4n) is 0.878. The van der Waals surface area contributed by atoms with E-state index < -0.39 is 12.1 Å². The number of rotatable bonds is 7. The highest BCUT2D eigenvalue weighted by Gasteiger charge is 2.11. The lowest BCUT2D eigenvalue weighted by molar-refractivity contribution is -0.122. The monoisotopic (exact) mass is 218 g/mol. The SMILES string of the molecule is COCCC(N)C(=O)NCCNC(N)=O. The molecule has 7 nitrogen and oxygen atoms in total. The van der Waals surface area contributed by atoms with Gasteiger partial charge in [-0.15, -0.1) is 0 Å². The third kappa shape index (κ3) is 7.71. The van der Waals surface area contributed by atoms with E-state index in [1.165, 1.54) is 0 Å². The average molecular weight is 218 g/mol. The van der Waals surface area contributed by atoms with Gasteiger partial charge in [0, 0.05) is 26.8 Å². The molecule has 0 saturated heterocycles. The number of primary amides is 1. The van der Waals surface area contributed by atoms with Crippen LogP contribution in [-0.2, 0) is 9.53 Å². The van der Waals surface area contributed by atoms with Gasteiger partial charge in [-0.1, -0.05) is 0 Å². The van der Waals surface area contributed by atoms with Crippen LogP contribution in [0.4, 0.5) is 4.79 Å². The van der Waals surface area contributed by atoms with Crippen molar-refractivity contribution in [3.63, 3.8) is 0 Å². The molecule has 0 radical (unpaired) electrons. The van der Waals surface area contributed by atoms with Gasteiger partial charge in [0.05, 0.1) is 6.04 Å². The molecule has 0 aliphatic rings. The number of ether oxygens (including phenoxy) is 1. The van der Waals surface area contributed by atoms with Crippen molar-refractivity contribution in [2.24, 2.45) is 11.5 Å². The normalized spacial score (nSPS) is 11.9. The van der Waals surface area contributed by atoms with Crippen LogP contribution < -0.4 is 22.1 Å². The number of urea groups is 1. The van der Waals surface area contributed by atoms with Crippen molar-refractivity contribution >= 4 is 11.9 Å². The van der Waals surface area contributed by atoms with Gasteiger partial charge in [0.2, 0.25) is 5.91 Å². The smallest absolute Gasteiger partial charge is 0.312 e. The topological polar surface area (TPSA) is 119 Å². The van der Waals surface area contributed by atoms with Gasteiger partial charge in [0.15, 0.2) is 0 Å². The van der Waals surface area contributed by atoms with Gasteiger partial charge < -0.3 is 26.8 Å². The molecule has 0 aromatic rings. The molecule has 15 heavy (non-hydrogen) atoms. The predicted octanol–water partition coefficient (Wildman–Crippen LogP) is -1.87. The van der Waals surface area contributed by atoms with E-state index in [-0.39, 0.29) is 12.5 Å². The first-order chi connectivity index (χ1) is 7.07. The van der Waals surface area contributed by atoms with Gasteiger partial charge in [-0.25, -0.2) is 4.79 Å². The molecule has 0 bridgehead atoms. The second-order valence-electron chi connectivity index (χ2n) is 2.97. The second kappa shape index (κ2) is 8.01. The second-order valence-corrected chi connectivity index (χ2v) is 2.97. The number of nitrogens with two attached hydrogens (primary N) is 2. The summed E-state index contributed by atoms with van der Waals surface area (Å²) in [4.78, 5) is 21.5. The van der Waals surface area contributed by atoms with Crippen molar-refractivity contribution in [3.05, 3.63) is 0 Å². The van der Waals surface area contributed by atoms with Crippen LogP contribution >= 0.6 is 0 Å². The minimum absolute atomic E-state index is 0.265. The zero-order valence-electron chi connectivity index (χ0n) is 8.79. The van der Waals surface area contributed by atoms with E-state index in [1.54, 1.807) is 7.11 Å². The lowest BCUT2D eigenvalue weighted by Gasteiger charge is -2.11. The van der Waals surface area contributed by atoms with Gasteiger partial charge in [-0.2, -0.15) is 0 Å². The van der Waals surface area contributed by atoms with Gasteiger partial charge in [-0.05, 0) is 6.42 Å². The lowest BCUT2D eigenvalue weighted by Crippen LogP contribution is -2.44. The lowest BCUT2D eigenvalue weighted by atomic mass is 10.2. The van der Waals surface area contributed by atoms with Crippen LogP contribution in [0.25, 0.3) is 0 Å². The van der Waals surface area contributed by atoms with E-state index in [1.807, 2.05) is 0 Å². The maximum absolute atomic E-state index is 11.3. The highest BCUT2D eigenvalue weighted by atomic mass is 16.5. The van der Waals surface area contributed by atoms with Gasteiger partial charge >= 0.3 is 6.03 Å². The molecule has 88 valence electrons. The van der Waals surface area contributed by atoms with E-state index in [9.17, 15) is 9.59 Å². The highest BCUT2D eigenvalue weighted by Crippen LogP contribution is 1.88. The van der Waals surface area contributed by atoms with Crippen LogP contribution in [0, 0.1) is 0 Å². The number of hydrogen-bond acceptors (Lipinski definition) is 4. The van der Waals surface area contributed by atoms with Crippen LogP contribution in [0.2, 0.25) is 0 Å². The maximum Gasteiger partial charge on any atom is 0.312 e. The average Bonchev–Trinajstić information content (AvgIpc) is 2.20. The Labute approximate surface area is 88.5 Å². The highest BCUT2D eigenvalue weighted by molar-refractivity contribution is 5.81. The molecule has 0 saturated carbocycles. The Bertz CT molecular complexity index is 210. The molecular formula is C8H18N4O3. The Kier molecular flexibility index (Phi) is 7.29. The summed E-state index contributed by atoms with van der Waals surface area (Å²) in [6.07, 6.45) is 0.464. The summed E-state index contributed by atoms with van der Waals surface area (Å²) in [6.45, 7) is 1.04. The van der Waals surface area contributed by atoms with Gasteiger partial charge in [0.1, 0.15) is 0 Å². The Balaban J connectivity index is 3.51. The number of methoxy groups -OCH3 is 1. The molecule has 3 amide bonds. The molecule has 0 rings (SSSR count). The molecule has 1 atom stereocenters. The summed E-state index contributed by atoms with van der Waals surface area (Å²) in [6, 6.07) is -1.20. The molecular weight excluding hydrogens is 200 g/mol. The van der Waals surface area contributed by atoms with E-state index in [0.717, 1.165) is 0 Å². The Morgan fingerprint density at radius 1 is 1.33 bits per heavy atom. The summed E-state index contributed by atoms with van der Waals surface area (Å²) in [5.74, 6) is -0.265. The standard InChI is InChI=1S/C8H18N4O3/c1-15-5-2-6(9)7(13)11-3-4-12-8(10)14/h6H,2-5,9H2,1H3,(H,11,13)(H3,10,12,14). The Morgan fingerprint density at radius 2 is 1.93 bits per heavy atom. The van der Waals surface area contributed by atoms with Crippen molar-refractivity contribution in [1.82, 2.24) is 10.6 Å². The minimum atomic E-state index is -0.618. The largest absolute Gasteiger partial charge is 0.385 e. The molecule has 0 aliphatic heterocycles. The predicted molar refractivity (Wildman–Crippen MR) is 55.1 cm³/mol. The molecule has 0 spiro atoms. The van der Waals surface area contributed by atoms with E-state index in [2.05, 4.69) is 10.6 Å². The molecule has 0 aromatic heterocycles. The van der Waals surface area contributed by atoms with Crippen LogP contribution in [0.15, 0.2) is 0 Å². The fourth-order valence-corrected chi connectivity index (χ4v) is 0.878. The van der Waals surface area contributed by atoms with Crippen molar-refractivity contribution in [3.8, 4) is 0 Å². The summed E-state index contributed by atoms with van der Waals surface area (Å²) in [5, 5.41) is 4.90. The first-order valence-electron chi connectivity index (χ1n) is 4.63. The maximum atomic E-state index is 11.3. The molecule has 7 heteroatoms. The third-order valence-electron chi connectivity index (χ3n) is 1.69. The van der Waals surface area contributed by atoms with Crippen LogP contribution in [0.1, 0.15) is 6.42 Å². The van der Waals surface area contributed by atoms with Gasteiger partial charge in [0.25, 0.3) is 0 Å². The van der Waals surface area contributed by atoms with Crippen molar-refractivity contribution < 1.29 is 14.3 Å². The zero-order valence-corrected chi connectivity index (χ0v) is 8.79. The summed E-state index contributed by atoms with van der Waals surface area (Å²) >= 11 is 0. The Hall–Kier alpha value is -1.34. The van der Waals surface area contributed by atoms with Crippen LogP contribution in [-0.4, -0.2) is 44.8 Å². The summed E-state index contributed by atoms with van der Waals surface area (Å²) in [7, 11) is 1.54. The first-order valence-corrected chi connectivity index (χ1v) is 4.63. The van der Waals surface area contributed by atoms with E-state index >= 15 is 0 Å². The van der Waals surface area contributed by atoms with E-state index in [0.29, 0.717) is 19.6 Å². The molecule has 6 N–H and O–H groups in total. The Morgan fingerprint density at radius 3 is 2.47 bits per heavy atom. The fraction of sp³-hybridized carbons (Fsp3) is 0.750. The molecule has 0 aromatic carbocycles. The first kappa shape index (κ1) is 13.7. The minimum Gasteiger partial charge on any atom is -0.385 e. The summed E-state index contributed by atoms with van der Waals surface area (Å²) < 4.78 is 4.79. The molecule has 0 fully saturated rings. The molecule has 1 unspecified atom stereocenters. The quantitative estimate of drug-likeness (QED) is 0.374.